The van der Waals surface area contributed by atoms with Gasteiger partial charge in [-0.15, -0.1) is 0 Å². The molecule has 0 nitrogen and oxygen atoms in total. The second-order valence-corrected chi connectivity index (χ2v) is 4.82. The highest BCUT2D eigenvalue weighted by atomic mass is 14.8. The molecule has 2 rings (SSSR count). The molecule has 2 aliphatic rings. The maximum atomic E-state index is 2.44. The fourth-order valence-electron chi connectivity index (χ4n) is 3.50. The Morgan fingerprint density at radius 1 is 1.36 bits per heavy atom. The molecule has 1 spiro atoms. The molecule has 0 amide bonds. The Kier molecular flexibility index (Phi) is 1.41. The van der Waals surface area contributed by atoms with Crippen molar-refractivity contribution in [1.82, 2.24) is 0 Å². The third kappa shape index (κ3) is 0.761. The summed E-state index contributed by atoms with van der Waals surface area (Å²) >= 11 is 0. The minimum Gasteiger partial charge on any atom is -0.0654 e. The Morgan fingerprint density at radius 3 is 2.27 bits per heavy atom. The Balaban J connectivity index is 2.02. The van der Waals surface area contributed by atoms with E-state index < -0.39 is 0 Å². The summed E-state index contributed by atoms with van der Waals surface area (Å²) in [5.41, 5.74) is 1.69. The van der Waals surface area contributed by atoms with Gasteiger partial charge >= 0.3 is 0 Å². The van der Waals surface area contributed by atoms with Crippen molar-refractivity contribution in [2.75, 3.05) is 0 Å². The van der Waals surface area contributed by atoms with Gasteiger partial charge in [-0.25, -0.2) is 0 Å². The maximum absolute atomic E-state index is 2.44. The molecule has 0 heteroatoms. The quantitative estimate of drug-likeness (QED) is 0.579. The molecule has 3 atom stereocenters. The Bertz CT molecular complexity index is 169. The lowest BCUT2D eigenvalue weighted by Gasteiger charge is -2.12. The van der Waals surface area contributed by atoms with Crippen LogP contribution in [-0.2, 0) is 0 Å². The highest BCUT2D eigenvalue weighted by Gasteiger charge is 2.75. The van der Waals surface area contributed by atoms with Crippen LogP contribution in [0.25, 0.3) is 0 Å². The molecular weight excluding hydrogens is 132 g/mol. The van der Waals surface area contributed by atoms with Crippen LogP contribution in [0, 0.1) is 16.7 Å². The summed E-state index contributed by atoms with van der Waals surface area (Å²) in [4.78, 5) is 0. The molecule has 64 valence electrons. The Morgan fingerprint density at radius 2 is 2.00 bits per heavy atom. The minimum absolute atomic E-state index is 0.821. The average molecular weight is 152 g/mol. The van der Waals surface area contributed by atoms with Crippen molar-refractivity contribution in [3.05, 3.63) is 0 Å². The third-order valence-electron chi connectivity index (χ3n) is 4.44. The van der Waals surface area contributed by atoms with Gasteiger partial charge in [-0.1, -0.05) is 27.2 Å². The highest BCUT2D eigenvalue weighted by Crippen LogP contribution is 2.84. The number of hydrogen-bond acceptors (Lipinski definition) is 0. The fourth-order valence-corrected chi connectivity index (χ4v) is 3.50. The lowest BCUT2D eigenvalue weighted by Crippen LogP contribution is -2.02. The van der Waals surface area contributed by atoms with E-state index in [1.54, 1.807) is 12.8 Å². The van der Waals surface area contributed by atoms with Crippen molar-refractivity contribution >= 4 is 0 Å². The lowest BCUT2D eigenvalue weighted by atomic mass is 9.92. The van der Waals surface area contributed by atoms with E-state index in [2.05, 4.69) is 20.8 Å². The monoisotopic (exact) mass is 152 g/mol. The molecule has 0 saturated heterocycles. The zero-order valence-electron chi connectivity index (χ0n) is 8.11. The Labute approximate surface area is 70.4 Å². The average Bonchev–Trinajstić information content (AvgIpc) is 2.79. The lowest BCUT2D eigenvalue weighted by molar-refractivity contribution is 0.378. The maximum Gasteiger partial charge on any atom is -0.0207 e. The zero-order valence-corrected chi connectivity index (χ0v) is 8.11. The molecular formula is C11H20. The van der Waals surface area contributed by atoms with E-state index in [4.69, 9.17) is 0 Å². The van der Waals surface area contributed by atoms with Crippen LogP contribution >= 0.6 is 0 Å². The van der Waals surface area contributed by atoms with E-state index in [0.717, 1.165) is 16.7 Å². The summed E-state index contributed by atoms with van der Waals surface area (Å²) in [6, 6.07) is 0. The van der Waals surface area contributed by atoms with E-state index in [1.807, 2.05) is 0 Å². The van der Waals surface area contributed by atoms with Gasteiger partial charge in [-0.05, 0) is 42.4 Å². The van der Waals surface area contributed by atoms with E-state index in [1.165, 1.54) is 19.3 Å². The van der Waals surface area contributed by atoms with Gasteiger partial charge in [-0.3, -0.25) is 0 Å². The molecule has 0 radical (unpaired) electrons. The molecule has 2 fully saturated rings. The largest absolute Gasteiger partial charge is 0.0654 e. The fraction of sp³-hybridized carbons (Fsp3) is 1.00. The van der Waals surface area contributed by atoms with Crippen LogP contribution < -0.4 is 0 Å². The summed E-state index contributed by atoms with van der Waals surface area (Å²) < 4.78 is 0. The van der Waals surface area contributed by atoms with Crippen LogP contribution in [0.1, 0.15) is 52.9 Å². The Hall–Kier alpha value is 0. The summed E-state index contributed by atoms with van der Waals surface area (Å²) in [5, 5.41) is 0. The smallest absolute Gasteiger partial charge is 0.0207 e. The topological polar surface area (TPSA) is 0 Å². The number of hydrogen-bond donors (Lipinski definition) is 0. The van der Waals surface area contributed by atoms with Crippen molar-refractivity contribution in [2.24, 2.45) is 16.7 Å². The van der Waals surface area contributed by atoms with Crippen LogP contribution in [0.2, 0.25) is 0 Å². The van der Waals surface area contributed by atoms with Gasteiger partial charge in [0.25, 0.3) is 0 Å². The van der Waals surface area contributed by atoms with Crippen LogP contribution in [0.4, 0.5) is 0 Å². The van der Waals surface area contributed by atoms with E-state index >= 15 is 0 Å². The molecule has 2 saturated carbocycles. The third-order valence-corrected chi connectivity index (χ3v) is 4.44. The first kappa shape index (κ1) is 7.64. The highest BCUT2D eigenvalue weighted by molar-refractivity contribution is 5.24. The van der Waals surface area contributed by atoms with Gasteiger partial charge in [0.2, 0.25) is 0 Å². The standard InChI is InChI=1S/C11H20/c1-4-6-10(5-2)8-11(10)7-9(11)3/h9H,4-8H2,1-3H3. The first-order valence-electron chi connectivity index (χ1n) is 5.21. The zero-order chi connectivity index (χ0) is 8.11. The molecule has 11 heavy (non-hydrogen) atoms. The first-order chi connectivity index (χ1) is 5.21. The van der Waals surface area contributed by atoms with Crippen LogP contribution in [0.3, 0.4) is 0 Å². The van der Waals surface area contributed by atoms with Crippen LogP contribution in [0.15, 0.2) is 0 Å². The molecule has 0 N–H and O–H groups in total. The molecule has 2 aliphatic carbocycles. The molecule has 3 unspecified atom stereocenters. The van der Waals surface area contributed by atoms with Gasteiger partial charge in [0, 0.05) is 0 Å². The van der Waals surface area contributed by atoms with Crippen molar-refractivity contribution in [2.45, 2.75) is 52.9 Å². The molecule has 0 heterocycles. The van der Waals surface area contributed by atoms with Crippen molar-refractivity contribution < 1.29 is 0 Å². The van der Waals surface area contributed by atoms with Gasteiger partial charge in [0.15, 0.2) is 0 Å². The van der Waals surface area contributed by atoms with Crippen molar-refractivity contribution in [1.29, 1.82) is 0 Å². The molecule has 0 aliphatic heterocycles. The van der Waals surface area contributed by atoms with E-state index in [9.17, 15) is 0 Å². The first-order valence-corrected chi connectivity index (χ1v) is 5.21. The van der Waals surface area contributed by atoms with Crippen molar-refractivity contribution in [3.63, 3.8) is 0 Å². The molecule has 0 bridgehead atoms. The normalized spacial score (nSPS) is 53.2. The minimum atomic E-state index is 0.821. The van der Waals surface area contributed by atoms with Gasteiger partial charge in [0.1, 0.15) is 0 Å². The molecule has 0 aromatic heterocycles. The summed E-state index contributed by atoms with van der Waals surface area (Å²) in [6.07, 6.45) is 7.42. The predicted molar refractivity (Wildman–Crippen MR) is 48.5 cm³/mol. The number of rotatable bonds is 3. The SMILES string of the molecule is CCCC1(CC)CC12CC2C. The predicted octanol–water partition coefficient (Wildman–Crippen LogP) is 3.61. The molecule has 0 aromatic carbocycles. The van der Waals surface area contributed by atoms with Gasteiger partial charge in [0.05, 0.1) is 0 Å². The van der Waals surface area contributed by atoms with Crippen LogP contribution in [0.5, 0.6) is 0 Å². The summed E-state index contributed by atoms with van der Waals surface area (Å²) in [5.74, 6) is 1.06. The van der Waals surface area contributed by atoms with Gasteiger partial charge < -0.3 is 0 Å². The second-order valence-electron chi connectivity index (χ2n) is 4.82. The van der Waals surface area contributed by atoms with Gasteiger partial charge in [-0.2, -0.15) is 0 Å². The van der Waals surface area contributed by atoms with Crippen LogP contribution in [-0.4, -0.2) is 0 Å². The summed E-state index contributed by atoms with van der Waals surface area (Å²) in [6.45, 7) is 7.15. The molecule has 0 aromatic rings. The summed E-state index contributed by atoms with van der Waals surface area (Å²) in [7, 11) is 0. The van der Waals surface area contributed by atoms with E-state index in [0.29, 0.717) is 0 Å². The van der Waals surface area contributed by atoms with Crippen molar-refractivity contribution in [3.8, 4) is 0 Å². The second kappa shape index (κ2) is 2.02. The van der Waals surface area contributed by atoms with E-state index in [-0.39, 0.29) is 0 Å².